The molecular weight excluding hydrogens is 636 g/mol. The molecule has 0 spiro atoms. The van der Waals surface area contributed by atoms with Crippen molar-refractivity contribution in [3.05, 3.63) is 11.6 Å². The lowest BCUT2D eigenvalue weighted by atomic mass is 9.45. The zero-order valence-corrected chi connectivity index (χ0v) is 29.5. The van der Waals surface area contributed by atoms with Gasteiger partial charge in [0.15, 0.2) is 18.5 Å². The molecule has 13 heteroatoms. The van der Waals surface area contributed by atoms with E-state index in [-0.39, 0.29) is 67.1 Å². The van der Waals surface area contributed by atoms with Crippen LogP contribution in [-0.4, -0.2) is 92.7 Å². The molecule has 0 radical (unpaired) electrons. The molecule has 3 fully saturated rings. The number of nitrogens with one attached hydrogen (secondary N) is 2. The fourth-order valence-corrected chi connectivity index (χ4v) is 9.34. The number of esters is 1. The predicted molar refractivity (Wildman–Crippen MR) is 175 cm³/mol. The number of aliphatic carboxylic acids is 1. The van der Waals surface area contributed by atoms with E-state index in [1.165, 1.54) is 13.8 Å². The summed E-state index contributed by atoms with van der Waals surface area (Å²) in [5.74, 6) is -4.32. The highest BCUT2D eigenvalue weighted by Crippen LogP contribution is 2.67. The van der Waals surface area contributed by atoms with E-state index in [9.17, 15) is 44.1 Å². The lowest BCUT2D eigenvalue weighted by Gasteiger charge is -2.60. The molecule has 0 heterocycles. The molecule has 13 nitrogen and oxygen atoms in total. The Morgan fingerprint density at radius 2 is 1.73 bits per heavy atom. The highest BCUT2D eigenvalue weighted by Gasteiger charge is 2.68. The first kappa shape index (κ1) is 38.6. The van der Waals surface area contributed by atoms with Crippen molar-refractivity contribution in [1.29, 1.82) is 0 Å². The Morgan fingerprint density at radius 1 is 1.06 bits per heavy atom. The third kappa shape index (κ3) is 7.35. The van der Waals surface area contributed by atoms with E-state index >= 15 is 0 Å². The molecule has 2 amide bonds. The first-order valence-corrected chi connectivity index (χ1v) is 17.5. The number of carbonyl (C=O) groups excluding carboxylic acids is 5. The molecule has 4 rings (SSSR count). The minimum atomic E-state index is -1.80. The van der Waals surface area contributed by atoms with Gasteiger partial charge in [0.2, 0.25) is 17.6 Å². The largest absolute Gasteiger partial charge is 0.479 e. The quantitative estimate of drug-likeness (QED) is 0.153. The average Bonchev–Trinajstić information content (AvgIpc) is 3.30. The smallest absolute Gasteiger partial charge is 0.333 e. The number of hydrogen-bond donors (Lipinski definition) is 6. The molecule has 274 valence electrons. The zero-order chi connectivity index (χ0) is 36.7. The van der Waals surface area contributed by atoms with Crippen LogP contribution < -0.4 is 10.6 Å². The van der Waals surface area contributed by atoms with E-state index in [0.29, 0.717) is 19.3 Å². The van der Waals surface area contributed by atoms with Crippen LogP contribution in [0.3, 0.4) is 0 Å². The molecular formula is C36H54N2O11. The fourth-order valence-electron chi connectivity index (χ4n) is 9.34. The fraction of sp³-hybridized carbons (Fsp3) is 0.778. The normalized spacial score (nSPS) is 33.7. The first-order valence-electron chi connectivity index (χ1n) is 17.5. The van der Waals surface area contributed by atoms with Crippen molar-refractivity contribution in [2.45, 2.75) is 123 Å². The lowest BCUT2D eigenvalue weighted by Crippen LogP contribution is -2.62. The second-order valence-corrected chi connectivity index (χ2v) is 16.3. The number of carboxylic acid groups (broad SMARTS) is 1. The molecule has 6 N–H and O–H groups in total. The van der Waals surface area contributed by atoms with Crippen LogP contribution in [-0.2, 0) is 33.5 Å². The van der Waals surface area contributed by atoms with Crippen LogP contribution in [0.15, 0.2) is 11.6 Å². The number of ether oxygens (including phenoxy) is 1. The Kier molecular flexibility index (Phi) is 11.2. The summed E-state index contributed by atoms with van der Waals surface area (Å²) < 4.78 is 5.22. The van der Waals surface area contributed by atoms with Crippen molar-refractivity contribution in [3.8, 4) is 0 Å². The van der Waals surface area contributed by atoms with E-state index in [0.717, 1.165) is 18.4 Å². The van der Waals surface area contributed by atoms with Gasteiger partial charge >= 0.3 is 11.9 Å². The Balaban J connectivity index is 1.30. The van der Waals surface area contributed by atoms with E-state index in [4.69, 9.17) is 9.84 Å². The molecule has 4 aliphatic carbocycles. The van der Waals surface area contributed by atoms with Gasteiger partial charge in [-0.1, -0.05) is 47.1 Å². The van der Waals surface area contributed by atoms with Gasteiger partial charge in [0.25, 0.3) is 0 Å². The molecule has 0 aromatic heterocycles. The second kappa shape index (κ2) is 14.2. The summed E-state index contributed by atoms with van der Waals surface area (Å²) in [7, 11) is 0. The number of carboxylic acids is 1. The zero-order valence-electron chi connectivity index (χ0n) is 29.5. The third-order valence-corrected chi connectivity index (χ3v) is 12.4. The van der Waals surface area contributed by atoms with E-state index in [1.807, 2.05) is 6.92 Å². The maximum absolute atomic E-state index is 13.5. The van der Waals surface area contributed by atoms with Gasteiger partial charge in [0.05, 0.1) is 12.5 Å². The second-order valence-electron chi connectivity index (χ2n) is 16.3. The van der Waals surface area contributed by atoms with Crippen molar-refractivity contribution in [2.75, 3.05) is 13.2 Å². The van der Waals surface area contributed by atoms with E-state index in [1.54, 1.807) is 19.9 Å². The number of fused-ring (bicyclic) bond motifs is 5. The topological polar surface area (TPSA) is 217 Å². The summed E-state index contributed by atoms with van der Waals surface area (Å²) in [4.78, 5) is 74.9. The Hall–Kier alpha value is -3.16. The number of allylic oxidation sites excluding steroid dienone is 1. The first-order chi connectivity index (χ1) is 22.7. The Labute approximate surface area is 287 Å². The van der Waals surface area contributed by atoms with Crippen LogP contribution in [0.1, 0.15) is 99.3 Å². The molecule has 2 unspecified atom stereocenters. The van der Waals surface area contributed by atoms with Crippen LogP contribution in [0.5, 0.6) is 0 Å². The summed E-state index contributed by atoms with van der Waals surface area (Å²) in [6.07, 6.45) is 2.21. The van der Waals surface area contributed by atoms with Gasteiger partial charge in [-0.25, -0.2) is 4.79 Å². The predicted octanol–water partition coefficient (Wildman–Crippen LogP) is 1.84. The minimum Gasteiger partial charge on any atom is -0.479 e. The maximum atomic E-state index is 13.5. The van der Waals surface area contributed by atoms with Gasteiger partial charge in [-0.2, -0.15) is 0 Å². The van der Waals surface area contributed by atoms with Crippen LogP contribution in [0.4, 0.5) is 0 Å². The van der Waals surface area contributed by atoms with E-state index in [2.05, 4.69) is 17.6 Å². The Bertz CT molecular complexity index is 1390. The monoisotopic (exact) mass is 690 g/mol. The Morgan fingerprint density at radius 3 is 2.37 bits per heavy atom. The molecule has 0 bridgehead atoms. The SMILES string of the molecule is CC(C)C(NC(=O)CCC(=O)OCC(=O)[C@@]1(O)CC[C@H]2[C@@H]3CCC4=CC(=O)CC[C@]4(C)[C@H]3[C@@H](O)C[C@@]21C)C(=O)NCC(C)(C)C(O)C(=O)O. The summed E-state index contributed by atoms with van der Waals surface area (Å²) in [5.41, 5.74) is -3.10. The molecule has 0 saturated heterocycles. The highest BCUT2D eigenvalue weighted by atomic mass is 16.5. The number of aliphatic hydroxyl groups excluding tert-OH is 2. The number of amides is 2. The van der Waals surface area contributed by atoms with Crippen molar-refractivity contribution >= 4 is 35.3 Å². The van der Waals surface area contributed by atoms with E-state index < -0.39 is 70.8 Å². The minimum absolute atomic E-state index is 0.0235. The van der Waals surface area contributed by atoms with Crippen molar-refractivity contribution in [1.82, 2.24) is 10.6 Å². The summed E-state index contributed by atoms with van der Waals surface area (Å²) >= 11 is 0. The summed E-state index contributed by atoms with van der Waals surface area (Å²) in [6, 6.07) is -0.992. The van der Waals surface area contributed by atoms with Gasteiger partial charge in [-0.05, 0) is 73.7 Å². The highest BCUT2D eigenvalue weighted by molar-refractivity contribution is 5.93. The standard InChI is InChI=1S/C36H54N2O11/c1-19(2)29(31(45)37-18-33(3,4)30(44)32(46)47)38-26(42)9-10-27(43)49-17-25(41)36(48)14-12-23-22-8-7-20-15-21(39)11-13-34(20,5)28(22)24(40)16-35(23,36)6/h15,19,22-24,28-30,40,44,48H,7-14,16-18H2,1-6H3,(H,37,45)(H,38,42)(H,46,47)/t22-,23-,24-,28+,29?,30?,34-,35-,36-/m0/s1. The van der Waals surface area contributed by atoms with Crippen LogP contribution in [0.2, 0.25) is 0 Å². The van der Waals surface area contributed by atoms with Crippen molar-refractivity contribution in [2.24, 2.45) is 39.9 Å². The summed E-state index contributed by atoms with van der Waals surface area (Å²) in [6.45, 7) is 9.51. The lowest BCUT2D eigenvalue weighted by molar-refractivity contribution is -0.184. The number of aliphatic hydroxyl groups is 3. The molecule has 3 saturated carbocycles. The number of rotatable bonds is 13. The van der Waals surface area contributed by atoms with Crippen molar-refractivity contribution < 1.29 is 53.9 Å². The third-order valence-electron chi connectivity index (χ3n) is 12.4. The number of Topliss-reactive ketones (excluding diaryl/α,β-unsaturated/α-hetero) is 1. The number of carbonyl (C=O) groups is 6. The number of ketones is 2. The molecule has 4 aliphatic rings. The molecule has 9 atom stereocenters. The van der Waals surface area contributed by atoms with Gasteiger partial charge in [-0.15, -0.1) is 0 Å². The van der Waals surface area contributed by atoms with Crippen LogP contribution in [0.25, 0.3) is 0 Å². The van der Waals surface area contributed by atoms with Gasteiger partial charge in [0, 0.05) is 30.2 Å². The van der Waals surface area contributed by atoms with Crippen LogP contribution >= 0.6 is 0 Å². The maximum Gasteiger partial charge on any atom is 0.333 e. The van der Waals surface area contributed by atoms with Gasteiger partial charge in [-0.3, -0.25) is 24.0 Å². The van der Waals surface area contributed by atoms with Crippen LogP contribution in [0, 0.1) is 39.9 Å². The summed E-state index contributed by atoms with van der Waals surface area (Å²) in [5, 5.41) is 47.6. The number of hydrogen-bond acceptors (Lipinski definition) is 10. The molecule has 0 aromatic rings. The molecule has 49 heavy (non-hydrogen) atoms. The van der Waals surface area contributed by atoms with Crippen molar-refractivity contribution in [3.63, 3.8) is 0 Å². The molecule has 0 aliphatic heterocycles. The average molecular weight is 691 g/mol. The molecule has 0 aromatic carbocycles. The van der Waals surface area contributed by atoms with Gasteiger partial charge < -0.3 is 35.8 Å². The van der Waals surface area contributed by atoms with Gasteiger partial charge in [0.1, 0.15) is 11.6 Å².